The van der Waals surface area contributed by atoms with E-state index < -0.39 is 5.54 Å². The molecule has 0 bridgehead atoms. The van der Waals surface area contributed by atoms with Crippen LogP contribution in [0.2, 0.25) is 0 Å². The predicted molar refractivity (Wildman–Crippen MR) is 105 cm³/mol. The van der Waals surface area contributed by atoms with Crippen molar-refractivity contribution in [2.75, 3.05) is 0 Å². The minimum Gasteiger partial charge on any atom is -0.285 e. The minimum absolute atomic E-state index is 0.0488. The van der Waals surface area contributed by atoms with Crippen molar-refractivity contribution in [1.29, 1.82) is 10.5 Å². The minimum atomic E-state index is -0.496. The molecule has 0 spiro atoms. The normalized spacial score (nSPS) is 20.7. The Kier molecular flexibility index (Phi) is 3.85. The first-order valence-corrected chi connectivity index (χ1v) is 9.30. The Labute approximate surface area is 166 Å². The predicted octanol–water partition coefficient (Wildman–Crippen LogP) is 3.43. The summed E-state index contributed by atoms with van der Waals surface area (Å²) in [5.41, 5.74) is 3.93. The maximum atomic E-state index is 9.28. The number of nitriles is 2. The lowest BCUT2D eigenvalue weighted by Crippen LogP contribution is -2.47. The molecular formula is C21H16N8. The van der Waals surface area contributed by atoms with Gasteiger partial charge in [-0.25, -0.2) is 0 Å². The maximum Gasteiger partial charge on any atom is 0.113 e. The van der Waals surface area contributed by atoms with Crippen LogP contribution in [0.4, 0.5) is 0 Å². The van der Waals surface area contributed by atoms with Gasteiger partial charge in [-0.1, -0.05) is 6.07 Å². The van der Waals surface area contributed by atoms with E-state index in [0.29, 0.717) is 18.5 Å². The molecule has 8 heteroatoms. The molecule has 1 aliphatic rings. The number of aromatic amines is 1. The zero-order chi connectivity index (χ0) is 19.8. The van der Waals surface area contributed by atoms with E-state index in [4.69, 9.17) is 10.4 Å². The monoisotopic (exact) mass is 380 g/mol. The summed E-state index contributed by atoms with van der Waals surface area (Å²) in [6.07, 6.45) is 8.58. The molecule has 0 aliphatic heterocycles. The molecule has 5 rings (SSSR count). The average Bonchev–Trinajstić information content (AvgIpc) is 3.42. The molecular weight excluding hydrogens is 364 g/mol. The van der Waals surface area contributed by atoms with Crippen LogP contribution in [0.25, 0.3) is 33.3 Å². The van der Waals surface area contributed by atoms with Crippen LogP contribution in [-0.4, -0.2) is 30.2 Å². The Morgan fingerprint density at radius 3 is 2.86 bits per heavy atom. The van der Waals surface area contributed by atoms with Gasteiger partial charge in [0.25, 0.3) is 0 Å². The van der Waals surface area contributed by atoms with Crippen molar-refractivity contribution >= 4 is 10.9 Å². The second-order valence-electron chi connectivity index (χ2n) is 7.39. The zero-order valence-electron chi connectivity index (χ0n) is 15.4. The molecule has 8 nitrogen and oxygen atoms in total. The zero-order valence-corrected chi connectivity index (χ0v) is 15.4. The Morgan fingerprint density at radius 1 is 1.21 bits per heavy atom. The van der Waals surface area contributed by atoms with Crippen LogP contribution in [0.15, 0.2) is 49.1 Å². The number of nitrogens with zero attached hydrogens (tertiary/aromatic N) is 7. The van der Waals surface area contributed by atoms with Gasteiger partial charge in [-0.05, 0) is 36.6 Å². The number of benzene rings is 1. The molecule has 0 atom stereocenters. The molecule has 1 aliphatic carbocycles. The van der Waals surface area contributed by atoms with E-state index in [1.54, 1.807) is 23.4 Å². The van der Waals surface area contributed by atoms with Crippen molar-refractivity contribution < 1.29 is 0 Å². The molecule has 1 aromatic carbocycles. The smallest absolute Gasteiger partial charge is 0.113 e. The molecule has 0 unspecified atom stereocenters. The van der Waals surface area contributed by atoms with Gasteiger partial charge >= 0.3 is 0 Å². The number of pyridine rings is 1. The van der Waals surface area contributed by atoms with Crippen LogP contribution in [0.3, 0.4) is 0 Å². The van der Waals surface area contributed by atoms with Crippen molar-refractivity contribution in [3.8, 4) is 34.5 Å². The number of H-pyrrole nitrogens is 1. The first kappa shape index (κ1) is 17.1. The lowest BCUT2D eigenvalue weighted by molar-refractivity contribution is 0.0713. The third kappa shape index (κ3) is 2.74. The standard InChI is InChI=1S/C21H16N8/c22-4-3-21(8-14(9-21)10-23)29-27-13-20(28-29)18-6-15(16-11-25-26-12-16)7-19-17(18)2-1-5-24-19/h1-2,5-7,11-14H,3,8-9H2,(H,25,26)/t14-,21+. The van der Waals surface area contributed by atoms with E-state index in [2.05, 4.69) is 38.5 Å². The van der Waals surface area contributed by atoms with E-state index in [9.17, 15) is 5.26 Å². The maximum absolute atomic E-state index is 9.28. The molecule has 3 aromatic heterocycles. The molecule has 29 heavy (non-hydrogen) atoms. The number of nitrogens with one attached hydrogen (secondary N) is 1. The highest BCUT2D eigenvalue weighted by molar-refractivity contribution is 5.97. The molecule has 0 amide bonds. The molecule has 0 saturated heterocycles. The summed E-state index contributed by atoms with van der Waals surface area (Å²) in [6.45, 7) is 0. The van der Waals surface area contributed by atoms with Gasteiger partial charge in [-0.15, -0.1) is 0 Å². The van der Waals surface area contributed by atoms with Crippen LogP contribution in [0, 0.1) is 28.6 Å². The van der Waals surface area contributed by atoms with Gasteiger partial charge in [-0.3, -0.25) is 10.1 Å². The van der Waals surface area contributed by atoms with E-state index in [0.717, 1.165) is 27.6 Å². The largest absolute Gasteiger partial charge is 0.285 e. The highest BCUT2D eigenvalue weighted by atomic mass is 15.5. The fraction of sp³-hybridized carbons (Fsp3) is 0.238. The lowest BCUT2D eigenvalue weighted by Gasteiger charge is -2.42. The number of hydrogen-bond acceptors (Lipinski definition) is 6. The van der Waals surface area contributed by atoms with Gasteiger partial charge in [0.05, 0.1) is 47.9 Å². The molecule has 1 saturated carbocycles. The SMILES string of the molecule is N#CC[C@]1(n2ncc(-c3cc(-c4cn[nH]c4)cc4ncccc34)n2)C[C@@H](C#N)C1. The van der Waals surface area contributed by atoms with Crippen LogP contribution >= 0.6 is 0 Å². The lowest BCUT2D eigenvalue weighted by atomic mass is 9.68. The van der Waals surface area contributed by atoms with E-state index in [-0.39, 0.29) is 12.3 Å². The number of rotatable bonds is 4. The third-order valence-corrected chi connectivity index (χ3v) is 5.59. The Morgan fingerprint density at radius 2 is 2.10 bits per heavy atom. The summed E-state index contributed by atoms with van der Waals surface area (Å²) in [7, 11) is 0. The number of aromatic nitrogens is 6. The summed E-state index contributed by atoms with van der Waals surface area (Å²) in [5, 5.41) is 35.5. The summed E-state index contributed by atoms with van der Waals surface area (Å²) < 4.78 is 0. The molecule has 1 fully saturated rings. The summed E-state index contributed by atoms with van der Waals surface area (Å²) in [5.74, 6) is -0.0488. The fourth-order valence-electron chi connectivity index (χ4n) is 4.06. The summed E-state index contributed by atoms with van der Waals surface area (Å²) in [4.78, 5) is 6.14. The van der Waals surface area contributed by atoms with Crippen LogP contribution in [-0.2, 0) is 5.54 Å². The van der Waals surface area contributed by atoms with Gasteiger partial charge in [0, 0.05) is 28.9 Å². The van der Waals surface area contributed by atoms with E-state index in [1.165, 1.54) is 0 Å². The van der Waals surface area contributed by atoms with E-state index >= 15 is 0 Å². The van der Waals surface area contributed by atoms with Crippen molar-refractivity contribution in [3.05, 3.63) is 49.1 Å². The molecule has 140 valence electrons. The van der Waals surface area contributed by atoms with Gasteiger partial charge in [-0.2, -0.15) is 30.6 Å². The van der Waals surface area contributed by atoms with Crippen molar-refractivity contribution in [1.82, 2.24) is 30.2 Å². The summed E-state index contributed by atoms with van der Waals surface area (Å²) >= 11 is 0. The highest BCUT2D eigenvalue weighted by Gasteiger charge is 2.48. The first-order chi connectivity index (χ1) is 14.2. The second kappa shape index (κ2) is 6.54. The van der Waals surface area contributed by atoms with Crippen molar-refractivity contribution in [2.45, 2.75) is 24.8 Å². The first-order valence-electron chi connectivity index (χ1n) is 9.30. The quantitative estimate of drug-likeness (QED) is 0.579. The van der Waals surface area contributed by atoms with E-state index in [1.807, 2.05) is 24.4 Å². The molecule has 3 heterocycles. The molecule has 1 N–H and O–H groups in total. The van der Waals surface area contributed by atoms with Gasteiger partial charge in [0.2, 0.25) is 0 Å². The van der Waals surface area contributed by atoms with Gasteiger partial charge in [0.1, 0.15) is 5.69 Å². The number of hydrogen-bond donors (Lipinski definition) is 1. The molecule has 4 aromatic rings. The average molecular weight is 380 g/mol. The topological polar surface area (TPSA) is 120 Å². The number of fused-ring (bicyclic) bond motifs is 1. The highest BCUT2D eigenvalue weighted by Crippen LogP contribution is 2.45. The third-order valence-electron chi connectivity index (χ3n) is 5.59. The second-order valence-corrected chi connectivity index (χ2v) is 7.39. The summed E-state index contributed by atoms with van der Waals surface area (Å²) in [6, 6.07) is 12.5. The Bertz CT molecular complexity index is 1270. The van der Waals surface area contributed by atoms with Crippen LogP contribution in [0.1, 0.15) is 19.3 Å². The van der Waals surface area contributed by atoms with Gasteiger partial charge < -0.3 is 0 Å². The van der Waals surface area contributed by atoms with Crippen LogP contribution in [0.5, 0.6) is 0 Å². The van der Waals surface area contributed by atoms with Crippen LogP contribution < -0.4 is 0 Å². The van der Waals surface area contributed by atoms with Crippen molar-refractivity contribution in [2.24, 2.45) is 5.92 Å². The molecule has 0 radical (unpaired) electrons. The Balaban J connectivity index is 1.62. The van der Waals surface area contributed by atoms with Gasteiger partial charge in [0.15, 0.2) is 0 Å². The fourth-order valence-corrected chi connectivity index (χ4v) is 4.06. The Hall–Kier alpha value is -4.04. The van der Waals surface area contributed by atoms with Crippen molar-refractivity contribution in [3.63, 3.8) is 0 Å².